The van der Waals surface area contributed by atoms with Gasteiger partial charge in [-0.3, -0.25) is 9.59 Å². The molecule has 0 saturated carbocycles. The zero-order valence-electron chi connectivity index (χ0n) is 30.0. The Balaban J connectivity index is 1.79. The monoisotopic (exact) mass is 670 g/mol. The second-order valence-corrected chi connectivity index (χ2v) is 14.8. The molecule has 49 heavy (non-hydrogen) atoms. The lowest BCUT2D eigenvalue weighted by Gasteiger charge is -2.30. The van der Waals surface area contributed by atoms with Crippen LogP contribution in [0.3, 0.4) is 0 Å². The molecular weight excluding hydrogens is 619 g/mol. The van der Waals surface area contributed by atoms with E-state index in [1.165, 1.54) is 12.1 Å². The average molecular weight is 671 g/mol. The Bertz CT molecular complexity index is 1680. The molecule has 0 aliphatic heterocycles. The first-order valence-corrected chi connectivity index (χ1v) is 17.0. The van der Waals surface area contributed by atoms with E-state index in [0.29, 0.717) is 24.2 Å². The van der Waals surface area contributed by atoms with E-state index in [0.717, 1.165) is 28.1 Å². The Hall–Kier alpha value is -4.27. The van der Waals surface area contributed by atoms with Gasteiger partial charge in [-0.05, 0) is 101 Å². The van der Waals surface area contributed by atoms with E-state index in [1.807, 2.05) is 116 Å². The van der Waals surface area contributed by atoms with E-state index in [4.69, 9.17) is 9.47 Å². The summed E-state index contributed by atoms with van der Waals surface area (Å²) in [5, 5.41) is 14.6. The number of amides is 1. The molecule has 8 heteroatoms. The van der Waals surface area contributed by atoms with Gasteiger partial charge in [-0.2, -0.15) is 0 Å². The van der Waals surface area contributed by atoms with Crippen LogP contribution in [-0.4, -0.2) is 45.0 Å². The van der Waals surface area contributed by atoms with Gasteiger partial charge in [0.05, 0.1) is 35.5 Å². The summed E-state index contributed by atoms with van der Waals surface area (Å²) in [7, 11) is 0. The average Bonchev–Trinajstić information content (AvgIpc) is 3.35. The highest BCUT2D eigenvalue weighted by molar-refractivity contribution is 6.12. The van der Waals surface area contributed by atoms with Gasteiger partial charge in [0, 0.05) is 29.9 Å². The summed E-state index contributed by atoms with van der Waals surface area (Å²) in [6, 6.07) is 25.3. The third-order valence-electron chi connectivity index (χ3n) is 7.84. The quantitative estimate of drug-likeness (QED) is 0.138. The van der Waals surface area contributed by atoms with E-state index < -0.39 is 23.4 Å². The first kappa shape index (κ1) is 37.5. The van der Waals surface area contributed by atoms with Crippen molar-refractivity contribution in [2.45, 2.75) is 111 Å². The first-order valence-electron chi connectivity index (χ1n) is 17.0. The van der Waals surface area contributed by atoms with Gasteiger partial charge in [0.1, 0.15) is 11.4 Å². The molecule has 2 atom stereocenters. The number of carbonyl (C=O) groups excluding carboxylic acids is 2. The number of rotatable bonds is 13. The molecule has 0 aliphatic carbocycles. The summed E-state index contributed by atoms with van der Waals surface area (Å²) in [6.07, 6.45) is -0.861. The first-order chi connectivity index (χ1) is 23.0. The number of carbonyl (C=O) groups is 2. The van der Waals surface area contributed by atoms with Crippen molar-refractivity contribution in [1.29, 1.82) is 0 Å². The molecule has 0 spiro atoms. The van der Waals surface area contributed by atoms with Crippen molar-refractivity contribution in [1.82, 2.24) is 4.57 Å². The predicted molar refractivity (Wildman–Crippen MR) is 194 cm³/mol. The normalized spacial score (nSPS) is 13.3. The van der Waals surface area contributed by atoms with Crippen molar-refractivity contribution in [2.75, 3.05) is 5.32 Å². The lowest BCUT2D eigenvalue weighted by atomic mass is 9.94. The zero-order chi connectivity index (χ0) is 35.9. The van der Waals surface area contributed by atoms with Gasteiger partial charge in [0.15, 0.2) is 0 Å². The largest absolute Gasteiger partial charge is 0.460 e. The van der Waals surface area contributed by atoms with Crippen molar-refractivity contribution in [3.8, 4) is 22.4 Å². The van der Waals surface area contributed by atoms with E-state index in [9.17, 15) is 19.1 Å². The fourth-order valence-corrected chi connectivity index (χ4v) is 6.15. The fraction of sp³-hybridized carbons (Fsp3) is 0.415. The van der Waals surface area contributed by atoms with Crippen LogP contribution in [0.4, 0.5) is 10.1 Å². The van der Waals surface area contributed by atoms with E-state index in [-0.39, 0.29) is 36.5 Å². The number of esters is 1. The molecule has 3 aromatic carbocycles. The molecule has 0 radical (unpaired) electrons. The topological polar surface area (TPSA) is 89.8 Å². The minimum Gasteiger partial charge on any atom is -0.460 e. The van der Waals surface area contributed by atoms with Crippen LogP contribution in [0.25, 0.3) is 22.4 Å². The molecule has 0 aliphatic rings. The highest BCUT2D eigenvalue weighted by atomic mass is 19.1. The Morgan fingerprint density at radius 2 is 1.43 bits per heavy atom. The van der Waals surface area contributed by atoms with Crippen LogP contribution in [0.15, 0.2) is 84.9 Å². The summed E-state index contributed by atoms with van der Waals surface area (Å²) < 4.78 is 28.1. The maximum absolute atomic E-state index is 14.3. The number of anilines is 1. The number of halogens is 1. The van der Waals surface area contributed by atoms with Crippen LogP contribution in [0.2, 0.25) is 0 Å². The van der Waals surface area contributed by atoms with Gasteiger partial charge in [-0.15, -0.1) is 0 Å². The minimum absolute atomic E-state index is 0.00908. The summed E-state index contributed by atoms with van der Waals surface area (Å²) >= 11 is 0. The number of ether oxygens (including phenoxy) is 2. The van der Waals surface area contributed by atoms with Crippen LogP contribution < -0.4 is 5.32 Å². The Morgan fingerprint density at radius 3 is 1.98 bits per heavy atom. The molecule has 1 aromatic heterocycles. The third-order valence-corrected chi connectivity index (χ3v) is 7.84. The maximum atomic E-state index is 14.3. The molecule has 0 unspecified atom stereocenters. The maximum Gasteiger partial charge on any atom is 0.308 e. The van der Waals surface area contributed by atoms with Crippen LogP contribution in [0, 0.1) is 5.82 Å². The van der Waals surface area contributed by atoms with Crippen molar-refractivity contribution < 1.29 is 28.6 Å². The second kappa shape index (κ2) is 16.0. The molecule has 2 N–H and O–H groups in total. The molecule has 7 nitrogen and oxygen atoms in total. The number of benzene rings is 3. The molecule has 1 heterocycles. The highest BCUT2D eigenvalue weighted by Gasteiger charge is 2.32. The van der Waals surface area contributed by atoms with Crippen LogP contribution in [0.5, 0.6) is 0 Å². The molecule has 262 valence electrons. The van der Waals surface area contributed by atoms with Crippen LogP contribution in [-0.2, 0) is 20.8 Å². The standard InChI is InChI=1S/C41H51FN2O5/c1-27(2)37-36(39(47)43-31-17-13-10-14-18-31)35(28-15-11-9-12-16-28)38(29-19-21-30(42)22-20-29)44(37)24-23-32(45)25-33(48-40(3,4)5)26-34(46)49-41(6,7)8/h9-22,27,32-33,45H,23-26H2,1-8H3,(H,43,47)/t32-,33-/m1/s1. The lowest BCUT2D eigenvalue weighted by molar-refractivity contribution is -0.161. The number of para-hydroxylation sites is 1. The molecular formula is C41H51FN2O5. The Labute approximate surface area is 290 Å². The van der Waals surface area contributed by atoms with Gasteiger partial charge >= 0.3 is 5.97 Å². The van der Waals surface area contributed by atoms with E-state index in [2.05, 4.69) is 9.88 Å². The SMILES string of the molecule is CC(C)c1c(C(=O)Nc2ccccc2)c(-c2ccccc2)c(-c2ccc(F)cc2)n1CC[C@@H](O)C[C@H](CC(=O)OC(C)(C)C)OC(C)(C)C. The van der Waals surface area contributed by atoms with Crippen molar-refractivity contribution >= 4 is 17.6 Å². The van der Waals surface area contributed by atoms with Gasteiger partial charge < -0.3 is 24.5 Å². The van der Waals surface area contributed by atoms with Gasteiger partial charge in [-0.25, -0.2) is 4.39 Å². The van der Waals surface area contributed by atoms with Gasteiger partial charge in [-0.1, -0.05) is 62.4 Å². The van der Waals surface area contributed by atoms with Gasteiger partial charge in [0.2, 0.25) is 0 Å². The van der Waals surface area contributed by atoms with Crippen molar-refractivity contribution in [2.24, 2.45) is 0 Å². The van der Waals surface area contributed by atoms with Gasteiger partial charge in [0.25, 0.3) is 5.91 Å². The number of aliphatic hydroxyl groups is 1. The minimum atomic E-state index is -0.833. The number of nitrogens with one attached hydrogen (secondary N) is 1. The summed E-state index contributed by atoms with van der Waals surface area (Å²) in [4.78, 5) is 27.1. The highest BCUT2D eigenvalue weighted by Crippen LogP contribution is 2.42. The van der Waals surface area contributed by atoms with E-state index in [1.54, 1.807) is 12.1 Å². The predicted octanol–water partition coefficient (Wildman–Crippen LogP) is 9.39. The van der Waals surface area contributed by atoms with Crippen LogP contribution >= 0.6 is 0 Å². The summed E-state index contributed by atoms with van der Waals surface area (Å²) in [6.45, 7) is 15.6. The molecule has 0 fully saturated rings. The number of hydrogen-bond donors (Lipinski definition) is 2. The van der Waals surface area contributed by atoms with Crippen LogP contribution in [0.1, 0.15) is 96.6 Å². The lowest BCUT2D eigenvalue weighted by Crippen LogP contribution is -2.34. The molecule has 1 amide bonds. The van der Waals surface area contributed by atoms with E-state index >= 15 is 0 Å². The Kier molecular flexibility index (Phi) is 12.2. The number of aliphatic hydroxyl groups excluding tert-OH is 1. The molecule has 4 rings (SSSR count). The number of aromatic nitrogens is 1. The summed E-state index contributed by atoms with van der Waals surface area (Å²) in [5.74, 6) is -1.09. The zero-order valence-corrected chi connectivity index (χ0v) is 30.0. The fourth-order valence-electron chi connectivity index (χ4n) is 6.15. The number of nitrogens with zero attached hydrogens (tertiary/aromatic N) is 1. The molecule has 4 aromatic rings. The second-order valence-electron chi connectivity index (χ2n) is 14.8. The molecule has 0 saturated heterocycles. The smallest absolute Gasteiger partial charge is 0.308 e. The number of hydrogen-bond acceptors (Lipinski definition) is 5. The molecule has 0 bridgehead atoms. The third kappa shape index (κ3) is 10.6. The Morgan fingerprint density at radius 1 is 0.837 bits per heavy atom. The van der Waals surface area contributed by atoms with Crippen molar-refractivity contribution in [3.05, 3.63) is 102 Å². The van der Waals surface area contributed by atoms with Crippen molar-refractivity contribution in [3.63, 3.8) is 0 Å². The summed E-state index contributed by atoms with van der Waals surface area (Å²) in [5.41, 5.74) is 3.90.